The number of halogens is 1. The van der Waals surface area contributed by atoms with Crippen LogP contribution >= 0.6 is 11.6 Å². The molecule has 3 heterocycles. The SMILES string of the molecule is CC[C@@]12CCC3(O1)C(C(=O)Nc1ccc(Cl)cc1)N([C@H](C)CO)C(=O)[C@@H]3[C@@H]2C(=O)NC. The normalized spacial score (nSPS) is 34.5. The summed E-state index contributed by atoms with van der Waals surface area (Å²) in [5.41, 5.74) is -1.34. The molecular weight excluding hydrogens is 422 g/mol. The first-order chi connectivity index (χ1) is 14.7. The third-order valence-electron chi connectivity index (χ3n) is 7.25. The summed E-state index contributed by atoms with van der Waals surface area (Å²) in [6.07, 6.45) is 1.66. The van der Waals surface area contributed by atoms with Gasteiger partial charge >= 0.3 is 0 Å². The Morgan fingerprint density at radius 3 is 2.55 bits per heavy atom. The van der Waals surface area contributed by atoms with E-state index >= 15 is 0 Å². The van der Waals surface area contributed by atoms with Crippen molar-refractivity contribution in [3.8, 4) is 0 Å². The molecule has 2 bridgehead atoms. The van der Waals surface area contributed by atoms with E-state index in [4.69, 9.17) is 16.3 Å². The van der Waals surface area contributed by atoms with E-state index in [1.165, 1.54) is 4.90 Å². The second kappa shape index (κ2) is 7.76. The van der Waals surface area contributed by atoms with Crippen LogP contribution in [0.3, 0.4) is 0 Å². The predicted octanol–water partition coefficient (Wildman–Crippen LogP) is 1.56. The Hall–Kier alpha value is -2.16. The maximum atomic E-state index is 13.6. The zero-order valence-electron chi connectivity index (χ0n) is 17.9. The van der Waals surface area contributed by atoms with Gasteiger partial charge in [-0.3, -0.25) is 14.4 Å². The molecule has 31 heavy (non-hydrogen) atoms. The number of amides is 3. The van der Waals surface area contributed by atoms with Gasteiger partial charge in [0.15, 0.2) is 0 Å². The van der Waals surface area contributed by atoms with E-state index in [0.717, 1.165) is 0 Å². The molecule has 1 aromatic rings. The zero-order chi connectivity index (χ0) is 22.6. The van der Waals surface area contributed by atoms with E-state index in [2.05, 4.69) is 10.6 Å². The molecule has 2 unspecified atom stereocenters. The Bertz CT molecular complexity index is 909. The molecule has 0 aliphatic carbocycles. The lowest BCUT2D eigenvalue weighted by atomic mass is 9.65. The number of aliphatic hydroxyl groups excluding tert-OH is 1. The number of ether oxygens (including phenoxy) is 1. The van der Waals surface area contributed by atoms with Gasteiger partial charge in [-0.25, -0.2) is 0 Å². The van der Waals surface area contributed by atoms with E-state index in [9.17, 15) is 19.5 Å². The monoisotopic (exact) mass is 449 g/mol. The molecule has 6 atom stereocenters. The summed E-state index contributed by atoms with van der Waals surface area (Å²) in [5, 5.41) is 15.9. The van der Waals surface area contributed by atoms with Crippen molar-refractivity contribution in [1.29, 1.82) is 0 Å². The number of hydrogen-bond acceptors (Lipinski definition) is 5. The van der Waals surface area contributed by atoms with Crippen molar-refractivity contribution < 1.29 is 24.2 Å². The highest BCUT2D eigenvalue weighted by Gasteiger charge is 2.78. The van der Waals surface area contributed by atoms with Gasteiger partial charge in [0.1, 0.15) is 11.6 Å². The molecule has 9 heteroatoms. The zero-order valence-corrected chi connectivity index (χ0v) is 18.6. The van der Waals surface area contributed by atoms with Crippen molar-refractivity contribution in [2.24, 2.45) is 11.8 Å². The van der Waals surface area contributed by atoms with E-state index in [1.54, 1.807) is 38.2 Å². The number of benzene rings is 1. The maximum absolute atomic E-state index is 13.6. The Morgan fingerprint density at radius 1 is 1.29 bits per heavy atom. The van der Waals surface area contributed by atoms with Crippen molar-refractivity contribution >= 4 is 35.0 Å². The summed E-state index contributed by atoms with van der Waals surface area (Å²) in [5.74, 6) is -2.41. The smallest absolute Gasteiger partial charge is 0.250 e. The Balaban J connectivity index is 1.77. The van der Waals surface area contributed by atoms with E-state index < -0.39 is 41.0 Å². The largest absolute Gasteiger partial charge is 0.394 e. The van der Waals surface area contributed by atoms with Crippen LogP contribution in [0.2, 0.25) is 5.02 Å². The Morgan fingerprint density at radius 2 is 1.97 bits per heavy atom. The number of carbonyl (C=O) groups excluding carboxylic acids is 3. The number of nitrogens with zero attached hydrogens (tertiary/aromatic N) is 1. The number of hydrogen-bond donors (Lipinski definition) is 3. The molecule has 8 nitrogen and oxygen atoms in total. The molecule has 0 aromatic heterocycles. The fourth-order valence-corrected chi connectivity index (χ4v) is 5.94. The molecule has 0 saturated carbocycles. The molecule has 1 aromatic carbocycles. The van der Waals surface area contributed by atoms with Crippen LogP contribution in [0.15, 0.2) is 24.3 Å². The van der Waals surface area contributed by atoms with Crippen LogP contribution in [0.1, 0.15) is 33.1 Å². The summed E-state index contributed by atoms with van der Waals surface area (Å²) in [7, 11) is 1.54. The number of aliphatic hydroxyl groups is 1. The van der Waals surface area contributed by atoms with Gasteiger partial charge < -0.3 is 25.4 Å². The maximum Gasteiger partial charge on any atom is 0.250 e. The van der Waals surface area contributed by atoms with Crippen LogP contribution in [-0.2, 0) is 19.1 Å². The van der Waals surface area contributed by atoms with Crippen LogP contribution in [0.5, 0.6) is 0 Å². The summed E-state index contributed by atoms with van der Waals surface area (Å²) < 4.78 is 6.56. The quantitative estimate of drug-likeness (QED) is 0.610. The second-order valence-electron chi connectivity index (χ2n) is 8.72. The van der Waals surface area contributed by atoms with Crippen LogP contribution in [-0.4, -0.2) is 64.7 Å². The van der Waals surface area contributed by atoms with Crippen LogP contribution in [0, 0.1) is 11.8 Å². The molecule has 3 aliphatic rings. The van der Waals surface area contributed by atoms with Gasteiger partial charge in [-0.05, 0) is 50.5 Å². The van der Waals surface area contributed by atoms with Gasteiger partial charge in [-0.2, -0.15) is 0 Å². The average Bonchev–Trinajstić information content (AvgIpc) is 3.38. The Kier molecular flexibility index (Phi) is 5.52. The predicted molar refractivity (Wildman–Crippen MR) is 114 cm³/mol. The molecule has 4 rings (SSSR count). The summed E-state index contributed by atoms with van der Waals surface area (Å²) in [6, 6.07) is 5.14. The van der Waals surface area contributed by atoms with Crippen molar-refractivity contribution in [2.75, 3.05) is 19.0 Å². The van der Waals surface area contributed by atoms with Gasteiger partial charge in [0.25, 0.3) is 0 Å². The molecule has 3 saturated heterocycles. The first kappa shape index (κ1) is 22.0. The molecular formula is C22H28ClN3O5. The second-order valence-corrected chi connectivity index (χ2v) is 9.16. The first-order valence-electron chi connectivity index (χ1n) is 10.7. The van der Waals surface area contributed by atoms with Crippen molar-refractivity contribution in [3.05, 3.63) is 29.3 Å². The average molecular weight is 450 g/mol. The lowest BCUT2D eigenvalue weighted by Crippen LogP contribution is -2.55. The highest BCUT2D eigenvalue weighted by atomic mass is 35.5. The highest BCUT2D eigenvalue weighted by Crippen LogP contribution is 2.64. The third kappa shape index (κ3) is 3.07. The van der Waals surface area contributed by atoms with Crippen molar-refractivity contribution in [2.45, 2.75) is 56.4 Å². The fourth-order valence-electron chi connectivity index (χ4n) is 5.82. The van der Waals surface area contributed by atoms with E-state index in [1.807, 2.05) is 6.92 Å². The van der Waals surface area contributed by atoms with E-state index in [-0.39, 0.29) is 18.4 Å². The lowest BCUT2D eigenvalue weighted by molar-refractivity contribution is -0.148. The van der Waals surface area contributed by atoms with Gasteiger partial charge in [0.05, 0.1) is 30.1 Å². The molecule has 168 valence electrons. The summed E-state index contributed by atoms with van der Waals surface area (Å²) >= 11 is 5.94. The molecule has 3 N–H and O–H groups in total. The van der Waals surface area contributed by atoms with Crippen molar-refractivity contribution in [1.82, 2.24) is 10.2 Å². The van der Waals surface area contributed by atoms with Gasteiger partial charge in [-0.1, -0.05) is 18.5 Å². The first-order valence-corrected chi connectivity index (χ1v) is 11.0. The number of likely N-dealkylation sites (tertiary alicyclic amines) is 1. The van der Waals surface area contributed by atoms with Crippen LogP contribution in [0.25, 0.3) is 0 Å². The number of fused-ring (bicyclic) bond motifs is 1. The molecule has 3 aliphatic heterocycles. The number of anilines is 1. The standard InChI is InChI=1S/C22H28ClN3O5/c1-4-21-9-10-22(31-21)16(15(21)18(28)24-3)20(30)26(12(2)11-27)17(22)19(29)25-14-7-5-13(23)6-8-14/h5-8,12,15-17,27H,4,9-11H2,1-3H3,(H,24,28)(H,25,29)/t12-,15-,16+,17?,21+,22?/m1/s1. The lowest BCUT2D eigenvalue weighted by Gasteiger charge is -2.36. The van der Waals surface area contributed by atoms with Crippen molar-refractivity contribution in [3.63, 3.8) is 0 Å². The minimum absolute atomic E-state index is 0.253. The number of nitrogens with one attached hydrogen (secondary N) is 2. The molecule has 0 radical (unpaired) electrons. The molecule has 3 amide bonds. The number of rotatable bonds is 6. The molecule has 3 fully saturated rings. The summed E-state index contributed by atoms with van der Waals surface area (Å²) in [4.78, 5) is 41.5. The van der Waals surface area contributed by atoms with Gasteiger partial charge in [-0.15, -0.1) is 0 Å². The molecule has 1 spiro atoms. The highest BCUT2D eigenvalue weighted by molar-refractivity contribution is 6.30. The van der Waals surface area contributed by atoms with Crippen LogP contribution < -0.4 is 10.6 Å². The number of carbonyl (C=O) groups is 3. The topological polar surface area (TPSA) is 108 Å². The van der Waals surface area contributed by atoms with Crippen LogP contribution in [0.4, 0.5) is 5.69 Å². The van der Waals surface area contributed by atoms with E-state index in [0.29, 0.717) is 30.0 Å². The Labute approximate surface area is 186 Å². The summed E-state index contributed by atoms with van der Waals surface area (Å²) in [6.45, 7) is 3.33. The third-order valence-corrected chi connectivity index (χ3v) is 7.50. The van der Waals surface area contributed by atoms with Gasteiger partial charge in [0.2, 0.25) is 17.7 Å². The van der Waals surface area contributed by atoms with Gasteiger partial charge in [0, 0.05) is 17.8 Å². The fraction of sp³-hybridized carbons (Fsp3) is 0.591. The minimum Gasteiger partial charge on any atom is -0.394 e. The minimum atomic E-state index is -1.11.